The average molecular weight is 481 g/mol. The molecule has 12 nitrogen and oxygen atoms in total. The second-order valence-corrected chi connectivity index (χ2v) is 7.22. The normalized spacial score (nSPS) is 12.8. The van der Waals surface area contributed by atoms with E-state index in [-0.39, 0.29) is 23.4 Å². The number of fused-ring (bicyclic) bond motifs is 2. The molecule has 0 fully saturated rings. The van der Waals surface area contributed by atoms with Crippen LogP contribution in [-0.2, 0) is 13.0 Å². The number of imidazole rings is 1. The van der Waals surface area contributed by atoms with Gasteiger partial charge in [0.05, 0.1) is 36.7 Å². The summed E-state index contributed by atoms with van der Waals surface area (Å²) >= 11 is 0. The van der Waals surface area contributed by atoms with Crippen LogP contribution in [0.3, 0.4) is 0 Å². The van der Waals surface area contributed by atoms with Gasteiger partial charge < -0.3 is 19.0 Å². The van der Waals surface area contributed by atoms with Crippen LogP contribution < -0.4 is 4.74 Å². The number of pyridine rings is 1. The number of carbonyl (C=O) groups excluding carboxylic acids is 1. The highest BCUT2D eigenvalue weighted by molar-refractivity contribution is 5.89. The van der Waals surface area contributed by atoms with E-state index in [1.54, 1.807) is 35.8 Å². The van der Waals surface area contributed by atoms with E-state index in [4.69, 9.17) is 4.42 Å². The van der Waals surface area contributed by atoms with Crippen LogP contribution in [0.15, 0.2) is 59.9 Å². The van der Waals surface area contributed by atoms with Gasteiger partial charge >= 0.3 is 18.4 Å². The molecule has 178 valence electrons. The van der Waals surface area contributed by atoms with Gasteiger partial charge in [0.25, 0.3) is 5.89 Å². The van der Waals surface area contributed by atoms with Crippen molar-refractivity contribution in [3.05, 3.63) is 72.8 Å². The summed E-state index contributed by atoms with van der Waals surface area (Å²) in [4.78, 5) is 29.3. The maximum absolute atomic E-state index is 12.4. The third-order valence-corrected chi connectivity index (χ3v) is 5.07. The van der Waals surface area contributed by atoms with Gasteiger partial charge in [-0.1, -0.05) is 0 Å². The number of nitrogens with one attached hydrogen (secondary N) is 1. The molecule has 0 saturated carbocycles. The number of aromatic nitrogens is 8. The summed E-state index contributed by atoms with van der Waals surface area (Å²) in [6.07, 6.45) is 10.1. The Morgan fingerprint density at radius 2 is 2.09 bits per heavy atom. The number of nitrogens with zero attached hydrogens (tertiary/aromatic N) is 8. The summed E-state index contributed by atoms with van der Waals surface area (Å²) in [5.74, 6) is -0.0443. The van der Waals surface area contributed by atoms with Crippen LogP contribution in [0.2, 0.25) is 0 Å². The van der Waals surface area contributed by atoms with Gasteiger partial charge in [-0.15, -0.1) is 10.2 Å². The lowest BCUT2D eigenvalue weighted by molar-refractivity contribution is -0.0490. The van der Waals surface area contributed by atoms with Crippen molar-refractivity contribution < 1.29 is 22.7 Å². The molecule has 0 aromatic carbocycles. The molecule has 1 amide bonds. The SMILES string of the molecule is FC(F)Oc1cccn2nccc12.O=C(c1nnc(-c2cnccn2)o1)N1CCc2nc[nH]c2C1. The van der Waals surface area contributed by atoms with Crippen molar-refractivity contribution in [3.8, 4) is 17.3 Å². The topological polar surface area (TPSA) is 140 Å². The third kappa shape index (κ3) is 4.80. The lowest BCUT2D eigenvalue weighted by Gasteiger charge is -2.24. The zero-order valence-corrected chi connectivity index (χ0v) is 18.0. The van der Waals surface area contributed by atoms with Crippen LogP contribution in [0.1, 0.15) is 22.1 Å². The van der Waals surface area contributed by atoms with E-state index < -0.39 is 6.61 Å². The van der Waals surface area contributed by atoms with Crippen LogP contribution in [0.4, 0.5) is 8.78 Å². The molecule has 0 aliphatic carbocycles. The number of H-pyrrole nitrogens is 1. The summed E-state index contributed by atoms with van der Waals surface area (Å²) in [5, 5.41) is 11.5. The fourth-order valence-corrected chi connectivity index (χ4v) is 3.46. The zero-order valence-electron chi connectivity index (χ0n) is 18.0. The maximum Gasteiger partial charge on any atom is 0.387 e. The van der Waals surface area contributed by atoms with Crippen LogP contribution in [0.25, 0.3) is 17.1 Å². The van der Waals surface area contributed by atoms with Crippen LogP contribution in [-0.4, -0.2) is 63.7 Å². The van der Waals surface area contributed by atoms with E-state index in [9.17, 15) is 13.6 Å². The lowest BCUT2D eigenvalue weighted by Crippen LogP contribution is -2.36. The van der Waals surface area contributed by atoms with Gasteiger partial charge in [-0.05, 0) is 18.2 Å². The Balaban J connectivity index is 0.000000166. The molecule has 14 heteroatoms. The molecule has 1 aliphatic heterocycles. The Hall–Kier alpha value is -4.75. The molecule has 6 heterocycles. The van der Waals surface area contributed by atoms with E-state index in [0.717, 1.165) is 11.4 Å². The number of amides is 1. The molecule has 0 atom stereocenters. The average Bonchev–Trinajstić information content (AvgIpc) is 3.65. The van der Waals surface area contributed by atoms with Gasteiger partial charge in [-0.2, -0.15) is 13.9 Å². The van der Waals surface area contributed by atoms with E-state index in [1.807, 2.05) is 0 Å². The highest BCUT2D eigenvalue weighted by Crippen LogP contribution is 2.21. The Morgan fingerprint density at radius 1 is 1.17 bits per heavy atom. The molecule has 5 aromatic rings. The highest BCUT2D eigenvalue weighted by atomic mass is 19.3. The fourth-order valence-electron chi connectivity index (χ4n) is 3.46. The van der Waals surface area contributed by atoms with Crippen LogP contribution in [0, 0.1) is 0 Å². The number of alkyl halides is 2. The quantitative estimate of drug-likeness (QED) is 0.410. The van der Waals surface area contributed by atoms with Gasteiger partial charge in [0.2, 0.25) is 0 Å². The van der Waals surface area contributed by atoms with Crippen LogP contribution in [0.5, 0.6) is 5.75 Å². The summed E-state index contributed by atoms with van der Waals surface area (Å²) in [5.41, 5.74) is 2.90. The zero-order chi connectivity index (χ0) is 24.2. The summed E-state index contributed by atoms with van der Waals surface area (Å²) < 4.78 is 35.0. The lowest BCUT2D eigenvalue weighted by atomic mass is 10.1. The number of hydrogen-bond donors (Lipinski definition) is 1. The minimum atomic E-state index is -2.80. The molecule has 0 unspecified atom stereocenters. The summed E-state index contributed by atoms with van der Waals surface area (Å²) in [7, 11) is 0. The van der Waals surface area contributed by atoms with Crippen molar-refractivity contribution in [1.29, 1.82) is 0 Å². The molecule has 35 heavy (non-hydrogen) atoms. The van der Waals surface area contributed by atoms with Crippen molar-refractivity contribution >= 4 is 11.4 Å². The Labute approximate surface area is 195 Å². The number of rotatable bonds is 4. The second kappa shape index (κ2) is 9.62. The molecule has 0 bridgehead atoms. The molecule has 1 N–H and O–H groups in total. The molecule has 0 spiro atoms. The van der Waals surface area contributed by atoms with Crippen molar-refractivity contribution in [3.63, 3.8) is 0 Å². The number of carbonyl (C=O) groups is 1. The molecule has 6 rings (SSSR count). The monoisotopic (exact) mass is 481 g/mol. The van der Waals surface area contributed by atoms with Gasteiger partial charge in [0.15, 0.2) is 5.75 Å². The third-order valence-electron chi connectivity index (χ3n) is 5.07. The van der Waals surface area contributed by atoms with Crippen molar-refractivity contribution in [2.75, 3.05) is 6.54 Å². The van der Waals surface area contributed by atoms with Gasteiger partial charge in [-0.3, -0.25) is 9.78 Å². The predicted molar refractivity (Wildman–Crippen MR) is 114 cm³/mol. The van der Waals surface area contributed by atoms with Crippen molar-refractivity contribution in [2.24, 2.45) is 0 Å². The highest BCUT2D eigenvalue weighted by Gasteiger charge is 2.27. The number of ether oxygens (including phenoxy) is 1. The number of halogens is 2. The van der Waals surface area contributed by atoms with Crippen molar-refractivity contribution in [2.45, 2.75) is 19.6 Å². The first-order valence-electron chi connectivity index (χ1n) is 10.4. The molecular weight excluding hydrogens is 464 g/mol. The Morgan fingerprint density at radius 3 is 2.91 bits per heavy atom. The van der Waals surface area contributed by atoms with E-state index >= 15 is 0 Å². The molecule has 1 aliphatic rings. The first-order chi connectivity index (χ1) is 17.1. The molecule has 5 aromatic heterocycles. The number of hydrogen-bond acceptors (Lipinski definition) is 9. The van der Waals surface area contributed by atoms with E-state index in [1.165, 1.54) is 29.2 Å². The minimum Gasteiger partial charge on any atom is -0.433 e. The summed E-state index contributed by atoms with van der Waals surface area (Å²) in [6.45, 7) is -1.78. The first-order valence-corrected chi connectivity index (χ1v) is 10.4. The van der Waals surface area contributed by atoms with Gasteiger partial charge in [-0.25, -0.2) is 14.5 Å². The van der Waals surface area contributed by atoms with Gasteiger partial charge in [0.1, 0.15) is 11.2 Å². The molecule has 0 saturated heterocycles. The minimum absolute atomic E-state index is 0.0522. The first kappa shape index (κ1) is 22.1. The van der Waals surface area contributed by atoms with E-state index in [2.05, 4.69) is 40.0 Å². The predicted octanol–water partition coefficient (Wildman–Crippen LogP) is 2.38. The molecular formula is C21H17F2N9O3. The Bertz CT molecular complexity index is 1430. The van der Waals surface area contributed by atoms with Crippen LogP contribution >= 0.6 is 0 Å². The largest absolute Gasteiger partial charge is 0.433 e. The maximum atomic E-state index is 12.4. The summed E-state index contributed by atoms with van der Waals surface area (Å²) in [6, 6.07) is 4.68. The van der Waals surface area contributed by atoms with E-state index in [0.29, 0.717) is 30.7 Å². The smallest absolute Gasteiger partial charge is 0.387 e. The fraction of sp³-hybridized carbons (Fsp3) is 0.190. The molecule has 0 radical (unpaired) electrons. The van der Waals surface area contributed by atoms with Gasteiger partial charge in [0, 0.05) is 31.6 Å². The number of aromatic amines is 1. The standard InChI is InChI=1S/C13H11N7O2.C8H6F2N2O/c21-13(20-4-1-8-10(6-20)17-7-16-8)12-19-18-11(22-12)9-5-14-2-3-15-9;9-8(10)13-7-2-1-5-12-6(7)3-4-11-12/h2-3,5,7H,1,4,6H2,(H,16,17);1-5,8H. The second-order valence-electron chi connectivity index (χ2n) is 7.22. The van der Waals surface area contributed by atoms with Crippen molar-refractivity contribution in [1.82, 2.24) is 44.6 Å². The Kier molecular flexibility index (Phi) is 6.07.